The SMILES string of the molecule is O=C([O-])CN(CCN(CC(=O)[O-])CC(=O)[O-])CC(=O)[O-].O=C([O-])CN(CCN(CC(=O)[O-])CC(=O)[O-])CC(=O)[O-].O=C([O-])CN(CCN(CC(=O)[O-])CC(=O)[O-])CC(=O)[O-].[Gd+3].[Gd+3].[Gd+3].[Gd+3].[Na+]. The third kappa shape index (κ3) is 61.7. The van der Waals surface area contributed by atoms with Crippen LogP contribution in [0.15, 0.2) is 0 Å². The van der Waals surface area contributed by atoms with Crippen LogP contribution in [0.2, 0.25) is 0 Å². The van der Waals surface area contributed by atoms with Crippen LogP contribution in [0, 0.1) is 160 Å². The van der Waals surface area contributed by atoms with Gasteiger partial charge in [-0.05, 0) is 0 Å². The van der Waals surface area contributed by atoms with E-state index in [-0.39, 0.29) is 229 Å². The van der Waals surface area contributed by atoms with E-state index < -0.39 is 150 Å². The molecule has 0 amide bonds. The summed E-state index contributed by atoms with van der Waals surface area (Å²) in [7, 11) is 0. The van der Waals surface area contributed by atoms with Crippen molar-refractivity contribution >= 4 is 71.6 Å². The van der Waals surface area contributed by atoms with Crippen molar-refractivity contribution < 1.29 is 308 Å². The predicted octanol–water partition coefficient (Wildman–Crippen LogP) is -25.2. The van der Waals surface area contributed by atoms with Crippen LogP contribution in [-0.2, 0) is 57.5 Å². The van der Waals surface area contributed by atoms with Crippen LogP contribution in [-0.4, -0.2) is 219 Å². The number of carboxylic acids is 12. The molecule has 0 rings (SSSR count). The normalized spacial score (nSPS) is 9.88. The van der Waals surface area contributed by atoms with E-state index in [1.165, 1.54) is 0 Å². The molecule has 0 aromatic carbocycles. The van der Waals surface area contributed by atoms with Crippen LogP contribution in [0.5, 0.6) is 0 Å². The quantitative estimate of drug-likeness (QED) is 0.0551. The van der Waals surface area contributed by atoms with Gasteiger partial charge >= 0.3 is 189 Å². The molecule has 0 aliphatic carbocycles. The number of aliphatic carboxylic acids is 12. The van der Waals surface area contributed by atoms with Crippen molar-refractivity contribution in [3.8, 4) is 0 Å². The number of carbonyl (C=O) groups excluding carboxylic acids is 12. The summed E-state index contributed by atoms with van der Waals surface area (Å²) in [6.07, 6.45) is 0. The molecule has 30 nitrogen and oxygen atoms in total. The molecular weight excluding hydrogens is 1480 g/mol. The zero-order chi connectivity index (χ0) is 47.1. The van der Waals surface area contributed by atoms with E-state index in [4.69, 9.17) is 0 Å². The Morgan fingerprint density at radius 3 is 0.308 bits per heavy atom. The fraction of sp³-hybridized carbons (Fsp3) is 0.600. The summed E-state index contributed by atoms with van der Waals surface area (Å²) in [4.78, 5) is 130. The number of hydrogen-bond donors (Lipinski definition) is 0. The van der Waals surface area contributed by atoms with Gasteiger partial charge in [-0.1, -0.05) is 0 Å². The van der Waals surface area contributed by atoms with Crippen molar-refractivity contribution in [1.82, 2.24) is 29.4 Å². The van der Waals surface area contributed by atoms with Gasteiger partial charge in [0.1, 0.15) is 0 Å². The summed E-state index contributed by atoms with van der Waals surface area (Å²) in [6, 6.07) is 0. The molecule has 0 aliphatic rings. The van der Waals surface area contributed by atoms with E-state index in [1.54, 1.807) is 0 Å². The Balaban J connectivity index is -0.000000120. The van der Waals surface area contributed by atoms with Crippen molar-refractivity contribution in [2.24, 2.45) is 0 Å². The maximum atomic E-state index is 10.4. The summed E-state index contributed by atoms with van der Waals surface area (Å²) in [5.74, 6) is -18.4. The van der Waals surface area contributed by atoms with Gasteiger partial charge in [0.05, 0.1) is 71.6 Å². The van der Waals surface area contributed by atoms with Gasteiger partial charge in [-0.15, -0.1) is 0 Å². The van der Waals surface area contributed by atoms with Gasteiger partial charge in [0, 0.05) is 118 Å². The maximum absolute atomic E-state index is 10.4. The van der Waals surface area contributed by atoms with Gasteiger partial charge < -0.3 is 119 Å². The number of carboxylic acid groups (broad SMARTS) is 12. The minimum absolute atomic E-state index is 0. The standard InChI is InChI=1S/3C10H16N2O8.4Gd.Na/c3*13-7(14)3-11(4-8(15)16)1-2-12(5-9(17)18)6-10(19)20;;;;;/h3*1-6H2,(H,13,14)(H,15,16)(H,17,18)(H,19,20);;;;;/q;;;4*+3;+1/p-12. The molecule has 0 aromatic heterocycles. The Morgan fingerprint density at radius 1 is 0.200 bits per heavy atom. The van der Waals surface area contributed by atoms with E-state index in [2.05, 4.69) is 0 Å². The number of hydrogen-bond acceptors (Lipinski definition) is 30. The van der Waals surface area contributed by atoms with Crippen molar-refractivity contribution in [2.45, 2.75) is 0 Å². The monoisotopic (exact) mass is 1520 g/mol. The Labute approximate surface area is 519 Å². The molecule has 0 aromatic rings. The molecule has 0 fully saturated rings. The van der Waals surface area contributed by atoms with Crippen LogP contribution in [0.1, 0.15) is 0 Å². The van der Waals surface area contributed by atoms with Crippen LogP contribution < -0.4 is 90.8 Å². The molecule has 362 valence electrons. The van der Waals surface area contributed by atoms with Crippen LogP contribution in [0.3, 0.4) is 0 Å². The molecule has 0 heterocycles. The van der Waals surface area contributed by atoms with Crippen LogP contribution in [0.25, 0.3) is 0 Å². The first-order valence-corrected chi connectivity index (χ1v) is 16.3. The van der Waals surface area contributed by atoms with Crippen molar-refractivity contribution in [3.63, 3.8) is 0 Å². The van der Waals surface area contributed by atoms with Crippen molar-refractivity contribution in [3.05, 3.63) is 0 Å². The Bertz CT molecular complexity index is 1150. The van der Waals surface area contributed by atoms with E-state index in [1.807, 2.05) is 0 Å². The van der Waals surface area contributed by atoms with E-state index in [9.17, 15) is 119 Å². The third-order valence-electron chi connectivity index (χ3n) is 6.43. The predicted molar refractivity (Wildman–Crippen MR) is 159 cm³/mol. The van der Waals surface area contributed by atoms with Crippen molar-refractivity contribution in [1.29, 1.82) is 0 Å². The molecular formula is C30H36Gd4N6NaO24+. The molecule has 35 heteroatoms. The molecule has 0 N–H and O–H groups in total. The summed E-state index contributed by atoms with van der Waals surface area (Å²) in [6.45, 7) is -9.75. The van der Waals surface area contributed by atoms with Gasteiger partial charge in [0.25, 0.3) is 0 Å². The van der Waals surface area contributed by atoms with Crippen molar-refractivity contribution in [2.75, 3.05) is 118 Å². The summed E-state index contributed by atoms with van der Waals surface area (Å²) >= 11 is 0. The molecule has 0 spiro atoms. The fourth-order valence-electron chi connectivity index (χ4n) is 4.32. The molecule has 0 atom stereocenters. The zero-order valence-corrected chi connectivity index (χ0v) is 44.7. The van der Waals surface area contributed by atoms with Gasteiger partial charge in [-0.25, -0.2) is 0 Å². The molecule has 65 heavy (non-hydrogen) atoms. The van der Waals surface area contributed by atoms with Crippen LogP contribution in [0.4, 0.5) is 0 Å². The molecule has 4 radical (unpaired) electrons. The first kappa shape index (κ1) is 81.7. The van der Waals surface area contributed by atoms with E-state index >= 15 is 0 Å². The molecule has 0 unspecified atom stereocenters. The average molecular weight is 1520 g/mol. The topological polar surface area (TPSA) is 501 Å². The number of rotatable bonds is 33. The first-order valence-electron chi connectivity index (χ1n) is 16.3. The Kier molecular flexibility index (Phi) is 61.2. The summed E-state index contributed by atoms with van der Waals surface area (Å²) in [5.41, 5.74) is 0. The zero-order valence-electron chi connectivity index (χ0n) is 33.6. The summed E-state index contributed by atoms with van der Waals surface area (Å²) < 4.78 is 0. The second-order valence-corrected chi connectivity index (χ2v) is 11.7. The van der Waals surface area contributed by atoms with E-state index in [0.29, 0.717) is 0 Å². The second kappa shape index (κ2) is 48.7. The smallest absolute Gasteiger partial charge is 0.549 e. The molecule has 0 bridgehead atoms. The van der Waals surface area contributed by atoms with Gasteiger partial charge in [0.15, 0.2) is 0 Å². The largest absolute Gasteiger partial charge is 3.00 e. The minimum Gasteiger partial charge on any atom is -0.549 e. The summed E-state index contributed by atoms with van der Waals surface area (Å²) in [5, 5.41) is 125. The van der Waals surface area contributed by atoms with Gasteiger partial charge in [0.2, 0.25) is 0 Å². The van der Waals surface area contributed by atoms with Crippen LogP contribution >= 0.6 is 0 Å². The van der Waals surface area contributed by atoms with Gasteiger partial charge in [-0.3, -0.25) is 29.4 Å². The maximum Gasteiger partial charge on any atom is 3.00 e. The third-order valence-corrected chi connectivity index (χ3v) is 6.43. The fourth-order valence-corrected chi connectivity index (χ4v) is 4.32. The Morgan fingerprint density at radius 2 is 0.262 bits per heavy atom. The molecule has 0 saturated carbocycles. The van der Waals surface area contributed by atoms with Gasteiger partial charge in [-0.2, -0.15) is 0 Å². The Hall–Kier alpha value is -0.301. The van der Waals surface area contributed by atoms with E-state index in [0.717, 1.165) is 29.4 Å². The average Bonchev–Trinajstić information content (AvgIpc) is 3.02. The molecule has 0 aliphatic heterocycles. The number of nitrogens with zero attached hydrogens (tertiary/aromatic N) is 6. The number of carbonyl (C=O) groups is 12. The first-order chi connectivity index (χ1) is 27.6. The second-order valence-electron chi connectivity index (χ2n) is 11.7. The molecule has 0 saturated heterocycles. The minimum atomic E-state index is -1.53.